The molecular formula is C13H15BrFNO. The predicted octanol–water partition coefficient (Wildman–Crippen LogP) is 4.14. The van der Waals surface area contributed by atoms with Crippen LogP contribution < -0.4 is 5.32 Å². The molecule has 0 saturated carbocycles. The van der Waals surface area contributed by atoms with Crippen LogP contribution >= 0.6 is 15.9 Å². The normalized spacial score (nSPS) is 11.6. The molecule has 1 heterocycles. The Hall–Kier alpha value is -0.870. The fraction of sp³-hybridized carbons (Fsp3) is 0.385. The van der Waals surface area contributed by atoms with E-state index in [0.29, 0.717) is 22.6 Å². The van der Waals surface area contributed by atoms with Crippen LogP contribution in [0.15, 0.2) is 21.0 Å². The molecule has 1 aromatic heterocycles. The van der Waals surface area contributed by atoms with Gasteiger partial charge in [0.25, 0.3) is 0 Å². The molecule has 2 aromatic rings. The van der Waals surface area contributed by atoms with Gasteiger partial charge in [-0.2, -0.15) is 0 Å². The van der Waals surface area contributed by atoms with E-state index in [-0.39, 0.29) is 5.82 Å². The molecule has 2 rings (SSSR count). The molecule has 0 atom stereocenters. The van der Waals surface area contributed by atoms with E-state index in [4.69, 9.17) is 4.42 Å². The zero-order valence-electron chi connectivity index (χ0n) is 10.1. The molecule has 0 unspecified atom stereocenters. The Balaban J connectivity index is 2.45. The molecule has 17 heavy (non-hydrogen) atoms. The van der Waals surface area contributed by atoms with E-state index < -0.39 is 0 Å². The zero-order valence-corrected chi connectivity index (χ0v) is 11.7. The highest BCUT2D eigenvalue weighted by molar-refractivity contribution is 9.10. The lowest BCUT2D eigenvalue weighted by molar-refractivity contribution is 0.484. The molecule has 92 valence electrons. The molecule has 0 aliphatic rings. The topological polar surface area (TPSA) is 25.2 Å². The van der Waals surface area contributed by atoms with Crippen molar-refractivity contribution in [3.8, 4) is 0 Å². The summed E-state index contributed by atoms with van der Waals surface area (Å²) in [4.78, 5) is 0. The summed E-state index contributed by atoms with van der Waals surface area (Å²) in [5.74, 6) is 0.608. The summed E-state index contributed by atoms with van der Waals surface area (Å²) in [6.07, 6.45) is 0. The monoisotopic (exact) mass is 299 g/mol. The Morgan fingerprint density at radius 3 is 2.76 bits per heavy atom. The number of halogens is 2. The van der Waals surface area contributed by atoms with Crippen molar-refractivity contribution in [3.05, 3.63) is 33.7 Å². The first-order valence-electron chi connectivity index (χ1n) is 5.59. The second-order valence-electron chi connectivity index (χ2n) is 4.45. The van der Waals surface area contributed by atoms with Gasteiger partial charge in [-0.1, -0.05) is 13.8 Å². The summed E-state index contributed by atoms with van der Waals surface area (Å²) in [7, 11) is 0. The highest BCUT2D eigenvalue weighted by Gasteiger charge is 2.14. The number of furan rings is 1. The third-order valence-corrected chi connectivity index (χ3v) is 3.32. The summed E-state index contributed by atoms with van der Waals surface area (Å²) in [5.41, 5.74) is 1.71. The van der Waals surface area contributed by atoms with Gasteiger partial charge in [-0.3, -0.25) is 0 Å². The van der Waals surface area contributed by atoms with E-state index in [9.17, 15) is 4.39 Å². The summed E-state index contributed by atoms with van der Waals surface area (Å²) < 4.78 is 19.7. The first kappa shape index (κ1) is 12.6. The summed E-state index contributed by atoms with van der Waals surface area (Å²) >= 11 is 3.32. The number of benzene rings is 1. The van der Waals surface area contributed by atoms with Crippen LogP contribution in [0.3, 0.4) is 0 Å². The lowest BCUT2D eigenvalue weighted by atomic mass is 10.1. The lowest BCUT2D eigenvalue weighted by Gasteiger charge is -2.05. The van der Waals surface area contributed by atoms with Crippen molar-refractivity contribution in [2.45, 2.75) is 33.4 Å². The molecule has 0 radical (unpaired) electrons. The second kappa shape index (κ2) is 4.78. The average Bonchev–Trinajstić information content (AvgIpc) is 2.54. The van der Waals surface area contributed by atoms with Crippen molar-refractivity contribution < 1.29 is 8.81 Å². The lowest BCUT2D eigenvalue weighted by Crippen LogP contribution is -2.21. The van der Waals surface area contributed by atoms with E-state index in [2.05, 4.69) is 35.1 Å². The van der Waals surface area contributed by atoms with Gasteiger partial charge >= 0.3 is 0 Å². The minimum absolute atomic E-state index is 0.253. The van der Waals surface area contributed by atoms with Crippen LogP contribution in [0, 0.1) is 12.7 Å². The fourth-order valence-electron chi connectivity index (χ4n) is 1.76. The van der Waals surface area contributed by atoms with Crippen molar-refractivity contribution in [1.82, 2.24) is 5.32 Å². The maximum atomic E-state index is 13.3. The quantitative estimate of drug-likeness (QED) is 0.921. The van der Waals surface area contributed by atoms with E-state index in [0.717, 1.165) is 16.7 Å². The van der Waals surface area contributed by atoms with Crippen LogP contribution in [0.4, 0.5) is 4.39 Å². The number of hydrogen-bond donors (Lipinski definition) is 1. The smallest absolute Gasteiger partial charge is 0.149 e. The molecule has 0 amide bonds. The van der Waals surface area contributed by atoms with E-state index in [1.165, 1.54) is 12.1 Å². The number of hydrogen-bond acceptors (Lipinski definition) is 2. The molecular weight excluding hydrogens is 285 g/mol. The molecule has 0 aliphatic carbocycles. The highest BCUT2D eigenvalue weighted by Crippen LogP contribution is 2.32. The van der Waals surface area contributed by atoms with Crippen LogP contribution in [-0.4, -0.2) is 6.04 Å². The van der Waals surface area contributed by atoms with Gasteiger partial charge in [0.15, 0.2) is 0 Å². The molecule has 0 bridgehead atoms. The van der Waals surface area contributed by atoms with E-state index >= 15 is 0 Å². The number of nitrogens with one attached hydrogen (secondary N) is 1. The van der Waals surface area contributed by atoms with Crippen molar-refractivity contribution in [2.75, 3.05) is 0 Å². The summed E-state index contributed by atoms with van der Waals surface area (Å²) in [6.45, 7) is 6.77. The molecule has 1 N–H and O–H groups in total. The second-order valence-corrected chi connectivity index (χ2v) is 5.30. The highest BCUT2D eigenvalue weighted by atomic mass is 79.9. The first-order valence-corrected chi connectivity index (χ1v) is 6.38. The molecule has 0 aliphatic heterocycles. The van der Waals surface area contributed by atoms with Crippen LogP contribution in [-0.2, 0) is 6.54 Å². The van der Waals surface area contributed by atoms with Crippen LogP contribution in [0.1, 0.15) is 25.2 Å². The van der Waals surface area contributed by atoms with Gasteiger partial charge in [0.1, 0.15) is 17.2 Å². The van der Waals surface area contributed by atoms with Gasteiger partial charge in [0.05, 0.1) is 11.0 Å². The number of rotatable bonds is 3. The Labute approximate surface area is 108 Å². The van der Waals surface area contributed by atoms with E-state index in [1.54, 1.807) is 0 Å². The molecule has 0 spiro atoms. The van der Waals surface area contributed by atoms with Crippen LogP contribution in [0.2, 0.25) is 0 Å². The van der Waals surface area contributed by atoms with Gasteiger partial charge < -0.3 is 9.73 Å². The third-order valence-electron chi connectivity index (χ3n) is 2.73. The first-order chi connectivity index (χ1) is 7.99. The molecule has 0 fully saturated rings. The van der Waals surface area contributed by atoms with Crippen LogP contribution in [0.25, 0.3) is 11.0 Å². The maximum Gasteiger partial charge on any atom is 0.149 e. The maximum absolute atomic E-state index is 13.3. The minimum atomic E-state index is -0.253. The molecule has 4 heteroatoms. The van der Waals surface area contributed by atoms with Crippen molar-refractivity contribution in [2.24, 2.45) is 0 Å². The standard InChI is InChI=1S/C13H15BrFNO/c1-7(2)16-6-12-8(3)10-4-9(15)5-11(14)13(10)17-12/h4-5,7,16H,6H2,1-3H3. The van der Waals surface area contributed by atoms with Crippen molar-refractivity contribution >= 4 is 26.9 Å². The van der Waals surface area contributed by atoms with Gasteiger partial charge in [-0.05, 0) is 40.5 Å². The third kappa shape index (κ3) is 2.53. The SMILES string of the molecule is Cc1c(CNC(C)C)oc2c(Br)cc(F)cc12. The van der Waals surface area contributed by atoms with Crippen molar-refractivity contribution in [1.29, 1.82) is 0 Å². The van der Waals surface area contributed by atoms with Gasteiger partial charge in [0.2, 0.25) is 0 Å². The largest absolute Gasteiger partial charge is 0.458 e. The number of aryl methyl sites for hydroxylation is 1. The van der Waals surface area contributed by atoms with Crippen molar-refractivity contribution in [3.63, 3.8) is 0 Å². The average molecular weight is 300 g/mol. The Morgan fingerprint density at radius 2 is 2.12 bits per heavy atom. The number of fused-ring (bicyclic) bond motifs is 1. The molecule has 0 saturated heterocycles. The van der Waals surface area contributed by atoms with E-state index in [1.807, 2.05) is 6.92 Å². The van der Waals surface area contributed by atoms with Gasteiger partial charge in [-0.25, -0.2) is 4.39 Å². The zero-order chi connectivity index (χ0) is 12.6. The molecule has 2 nitrogen and oxygen atoms in total. The molecule has 1 aromatic carbocycles. The Kier molecular flexibility index (Phi) is 3.54. The Bertz CT molecular complexity index is 548. The summed E-state index contributed by atoms with van der Waals surface area (Å²) in [6, 6.07) is 3.32. The Morgan fingerprint density at radius 1 is 1.41 bits per heavy atom. The fourth-order valence-corrected chi connectivity index (χ4v) is 2.27. The summed E-state index contributed by atoms with van der Waals surface area (Å²) in [5, 5.41) is 4.13. The predicted molar refractivity (Wildman–Crippen MR) is 70.6 cm³/mol. The minimum Gasteiger partial charge on any atom is -0.458 e. The van der Waals surface area contributed by atoms with Gasteiger partial charge in [-0.15, -0.1) is 0 Å². The van der Waals surface area contributed by atoms with Gasteiger partial charge in [0, 0.05) is 11.4 Å². The van der Waals surface area contributed by atoms with Crippen LogP contribution in [0.5, 0.6) is 0 Å².